The molecule has 0 unspecified atom stereocenters. The Bertz CT molecular complexity index is 2030. The minimum absolute atomic E-state index is 0.000650. The van der Waals surface area contributed by atoms with Gasteiger partial charge in [0.25, 0.3) is 0 Å². The van der Waals surface area contributed by atoms with Crippen LogP contribution in [0.4, 0.5) is 37.7 Å². The van der Waals surface area contributed by atoms with Crippen LogP contribution < -0.4 is 15.5 Å². The van der Waals surface area contributed by atoms with Crippen LogP contribution in [0.3, 0.4) is 0 Å². The largest absolute Gasteiger partial charge is 0.418 e. The van der Waals surface area contributed by atoms with Crippen molar-refractivity contribution in [3.05, 3.63) is 72.1 Å². The normalized spacial score (nSPS) is 22.7. The predicted molar refractivity (Wildman–Crippen MR) is 205 cm³/mol. The Hall–Kier alpha value is -4.55. The third-order valence-electron chi connectivity index (χ3n) is 10.7. The molecular formula is C42H48F6N6O2. The highest BCUT2D eigenvalue weighted by Crippen LogP contribution is 2.41. The summed E-state index contributed by atoms with van der Waals surface area (Å²) in [7, 11) is 0. The zero-order chi connectivity index (χ0) is 40.2. The fraction of sp³-hybridized carbons (Fsp3) is 0.524. The fourth-order valence-corrected chi connectivity index (χ4v) is 8.07. The maximum atomic E-state index is 13.4. The van der Waals surface area contributed by atoms with E-state index in [0.717, 1.165) is 62.3 Å². The van der Waals surface area contributed by atoms with Crippen molar-refractivity contribution >= 4 is 45.0 Å². The highest BCUT2D eigenvalue weighted by molar-refractivity contribution is 5.95. The maximum Gasteiger partial charge on any atom is 0.418 e. The van der Waals surface area contributed by atoms with E-state index < -0.39 is 23.5 Å². The van der Waals surface area contributed by atoms with Crippen molar-refractivity contribution in [2.45, 2.75) is 89.7 Å². The Morgan fingerprint density at radius 3 is 1.68 bits per heavy atom. The van der Waals surface area contributed by atoms with E-state index in [1.54, 1.807) is 30.3 Å². The van der Waals surface area contributed by atoms with Crippen molar-refractivity contribution in [1.29, 1.82) is 0 Å². The second kappa shape index (κ2) is 17.3. The van der Waals surface area contributed by atoms with Crippen molar-refractivity contribution in [3.8, 4) is 0 Å². The number of hydrogen-bond donors (Lipinski definition) is 1. The average Bonchev–Trinajstić information content (AvgIpc) is 4.08. The number of alkyl halides is 6. The minimum Gasteiger partial charge on any atom is -0.370 e. The van der Waals surface area contributed by atoms with Crippen LogP contribution in [0.2, 0.25) is 0 Å². The molecule has 56 heavy (non-hydrogen) atoms. The van der Waals surface area contributed by atoms with Crippen LogP contribution in [0.1, 0.15) is 76.3 Å². The van der Waals surface area contributed by atoms with Crippen LogP contribution in [-0.2, 0) is 21.9 Å². The molecule has 2 saturated heterocycles. The third kappa shape index (κ3) is 10.6. The molecule has 4 heterocycles. The monoisotopic (exact) mass is 782 g/mol. The van der Waals surface area contributed by atoms with Gasteiger partial charge in [0.15, 0.2) is 0 Å². The lowest BCUT2D eigenvalue weighted by molar-refractivity contribution is -0.137. The number of hydrogen-bond acceptors (Lipinski definition) is 8. The van der Waals surface area contributed by atoms with Crippen molar-refractivity contribution < 1.29 is 35.9 Å². The van der Waals surface area contributed by atoms with E-state index in [4.69, 9.17) is 5.73 Å². The Balaban J connectivity index is 0.000000168. The van der Waals surface area contributed by atoms with Crippen molar-refractivity contribution in [1.82, 2.24) is 9.97 Å². The van der Waals surface area contributed by atoms with Gasteiger partial charge in [-0.2, -0.15) is 26.3 Å². The molecule has 2 N–H and O–H groups in total. The topological polar surface area (TPSA) is 105 Å². The van der Waals surface area contributed by atoms with Crippen molar-refractivity contribution in [3.63, 3.8) is 0 Å². The molecule has 4 atom stereocenters. The Morgan fingerprint density at radius 1 is 0.732 bits per heavy atom. The van der Waals surface area contributed by atoms with Gasteiger partial charge in [0.1, 0.15) is 5.78 Å². The molecule has 0 bridgehead atoms. The Kier molecular flexibility index (Phi) is 12.7. The number of ketones is 1. The summed E-state index contributed by atoms with van der Waals surface area (Å²) in [4.78, 5) is 37.3. The van der Waals surface area contributed by atoms with Crippen LogP contribution in [0.5, 0.6) is 0 Å². The van der Waals surface area contributed by atoms with Crippen LogP contribution in [0.15, 0.2) is 65.9 Å². The number of aromatic nitrogens is 2. The van der Waals surface area contributed by atoms with Crippen molar-refractivity contribution in [2.24, 2.45) is 34.4 Å². The van der Waals surface area contributed by atoms with E-state index in [-0.39, 0.29) is 23.0 Å². The minimum atomic E-state index is -4.43. The van der Waals surface area contributed by atoms with Crippen LogP contribution in [-0.4, -0.2) is 60.1 Å². The number of nitrogens with two attached hydrogens (primary N) is 1. The number of isocyanates is 1. The molecule has 2 aliphatic carbocycles. The molecule has 4 aromatic rings. The number of aliphatic imine (C=N–C) groups is 1. The van der Waals surface area contributed by atoms with E-state index in [9.17, 15) is 35.9 Å². The van der Waals surface area contributed by atoms with Gasteiger partial charge in [0, 0.05) is 79.6 Å². The lowest BCUT2D eigenvalue weighted by atomic mass is 9.85. The van der Waals surface area contributed by atoms with Crippen LogP contribution in [0.25, 0.3) is 21.8 Å². The van der Waals surface area contributed by atoms with E-state index >= 15 is 0 Å². The highest BCUT2D eigenvalue weighted by Gasteiger charge is 2.36. The molecule has 0 amide bonds. The molecule has 4 aliphatic rings. The summed E-state index contributed by atoms with van der Waals surface area (Å²) in [6.45, 7) is 7.19. The summed E-state index contributed by atoms with van der Waals surface area (Å²) < 4.78 is 79.6. The van der Waals surface area contributed by atoms with Crippen molar-refractivity contribution in [2.75, 3.05) is 36.0 Å². The van der Waals surface area contributed by atoms with Gasteiger partial charge in [-0.15, -0.1) is 0 Å². The number of halogens is 6. The second-order valence-electron chi connectivity index (χ2n) is 16.0. The number of nitrogens with zero attached hydrogens (tertiary/aromatic N) is 5. The van der Waals surface area contributed by atoms with E-state index in [0.29, 0.717) is 66.3 Å². The smallest absolute Gasteiger partial charge is 0.370 e. The first-order chi connectivity index (χ1) is 26.6. The first-order valence-corrected chi connectivity index (χ1v) is 19.3. The SMILES string of the molecule is C[C@H]1C[C@@H](CC(=O)CC2CC2)CN(c2ccc(C(F)(F)F)c3ncccc23)C1.C[C@H]1C[C@@H](N)CN(c2ccc(C(F)(F)F)c3ncccc23)C1.O=C=NC1CC1. The lowest BCUT2D eigenvalue weighted by Crippen LogP contribution is -2.46. The molecule has 300 valence electrons. The van der Waals surface area contributed by atoms with Crippen LogP contribution in [0, 0.1) is 23.7 Å². The van der Waals surface area contributed by atoms with Gasteiger partial charge in [-0.25, -0.2) is 9.79 Å². The quantitative estimate of drug-likeness (QED) is 0.113. The summed E-state index contributed by atoms with van der Waals surface area (Å²) in [5.74, 6) is 1.98. The van der Waals surface area contributed by atoms with Gasteiger partial charge >= 0.3 is 12.4 Å². The van der Waals surface area contributed by atoms with Gasteiger partial charge < -0.3 is 15.5 Å². The zero-order valence-corrected chi connectivity index (χ0v) is 31.6. The molecule has 2 aromatic heterocycles. The van der Waals surface area contributed by atoms with Gasteiger partial charge in [0.2, 0.25) is 6.08 Å². The molecule has 2 aliphatic heterocycles. The number of fused-ring (bicyclic) bond motifs is 2. The molecular weight excluding hydrogens is 734 g/mol. The summed E-state index contributed by atoms with van der Waals surface area (Å²) in [5, 5.41) is 1.05. The standard InChI is InChI=1S/C22H25F3N2O.C16H18F3N3.C4H5NO/c1-14-9-16(11-17(28)10-15-4-5-15)13-27(12-14)20-7-6-19(22(23,24)25)21-18(20)3-2-8-26-21;1-10-7-11(20)9-22(8-10)14-5-4-13(16(17,18)19)15-12(14)3-2-6-21-15;6-3-5-4-1-2-4/h2-3,6-8,14-16H,4-5,9-13H2,1H3;2-6,10-11H,7-9,20H2,1H3;4H,1-2H2/t14-,16-;10-,11+;/m00./s1. The molecule has 4 fully saturated rings. The predicted octanol–water partition coefficient (Wildman–Crippen LogP) is 9.39. The second-order valence-corrected chi connectivity index (χ2v) is 16.0. The molecule has 2 aromatic carbocycles. The first kappa shape index (κ1) is 41.1. The number of anilines is 2. The summed E-state index contributed by atoms with van der Waals surface area (Å²) in [6.07, 6.45) is 3.19. The third-order valence-corrected chi connectivity index (χ3v) is 10.7. The molecule has 0 spiro atoms. The summed E-state index contributed by atoms with van der Waals surface area (Å²) in [6, 6.07) is 12.5. The fourth-order valence-electron chi connectivity index (χ4n) is 8.07. The number of carbonyl (C=O) groups is 1. The van der Waals surface area contributed by atoms with Gasteiger partial charge in [-0.1, -0.05) is 13.8 Å². The number of pyridine rings is 2. The maximum absolute atomic E-state index is 13.4. The highest BCUT2D eigenvalue weighted by atomic mass is 19.4. The average molecular weight is 783 g/mol. The molecule has 8 rings (SSSR count). The number of Topliss-reactive ketones (excluding diaryl/α,β-unsaturated/α-hetero) is 1. The zero-order valence-electron chi connectivity index (χ0n) is 31.6. The number of benzene rings is 2. The van der Waals surface area contributed by atoms with Gasteiger partial charge in [0.05, 0.1) is 28.2 Å². The molecule has 8 nitrogen and oxygen atoms in total. The Labute approximate surface area is 322 Å². The lowest BCUT2D eigenvalue weighted by Gasteiger charge is -2.38. The number of rotatable bonds is 7. The van der Waals surface area contributed by atoms with Gasteiger partial charge in [-0.3, -0.25) is 14.8 Å². The first-order valence-electron chi connectivity index (χ1n) is 19.3. The number of carbonyl (C=O) groups excluding carboxylic acids is 2. The molecule has 2 saturated carbocycles. The number of piperidine rings is 2. The summed E-state index contributed by atoms with van der Waals surface area (Å²) >= 11 is 0. The van der Waals surface area contributed by atoms with E-state index in [1.807, 2.05) is 0 Å². The molecule has 0 radical (unpaired) electrons. The van der Waals surface area contributed by atoms with Crippen LogP contribution >= 0.6 is 0 Å². The van der Waals surface area contributed by atoms with Gasteiger partial charge in [-0.05, 0) is 111 Å². The molecule has 14 heteroatoms. The van der Waals surface area contributed by atoms with E-state index in [1.165, 1.54) is 37.4 Å². The summed E-state index contributed by atoms with van der Waals surface area (Å²) in [5.41, 5.74) is 6.21. The van der Waals surface area contributed by atoms with E-state index in [2.05, 4.69) is 38.6 Å². The Morgan fingerprint density at radius 2 is 1.23 bits per heavy atom.